The summed E-state index contributed by atoms with van der Waals surface area (Å²) >= 11 is 0. The minimum Gasteiger partial charge on any atom is -0.352 e. The summed E-state index contributed by atoms with van der Waals surface area (Å²) in [6, 6.07) is 1.93. The Kier molecular flexibility index (Phi) is 5.11. The zero-order valence-electron chi connectivity index (χ0n) is 13.5. The molecule has 0 aromatic carbocycles. The van der Waals surface area contributed by atoms with Crippen LogP contribution in [0.2, 0.25) is 0 Å². The number of nitrogens with zero attached hydrogens (tertiary/aromatic N) is 2. The molecule has 1 aliphatic heterocycles. The Morgan fingerprint density at radius 1 is 1.43 bits per heavy atom. The van der Waals surface area contributed by atoms with E-state index in [1.165, 1.54) is 0 Å². The molecule has 1 N–H and O–H groups in total. The van der Waals surface area contributed by atoms with Gasteiger partial charge < -0.3 is 9.88 Å². The van der Waals surface area contributed by atoms with E-state index in [0.717, 1.165) is 25.1 Å². The van der Waals surface area contributed by atoms with Crippen LogP contribution in [0.1, 0.15) is 39.3 Å². The van der Waals surface area contributed by atoms with Gasteiger partial charge in [-0.15, -0.1) is 0 Å². The van der Waals surface area contributed by atoms with Crippen molar-refractivity contribution >= 4 is 10.0 Å². The summed E-state index contributed by atoms with van der Waals surface area (Å²) < 4.78 is 29.4. The molecule has 6 heteroatoms. The van der Waals surface area contributed by atoms with Crippen LogP contribution in [0.4, 0.5) is 0 Å². The molecule has 1 saturated heterocycles. The molecule has 2 rings (SSSR count). The molecule has 1 atom stereocenters. The molecule has 0 bridgehead atoms. The molecule has 0 radical (unpaired) electrons. The Bertz CT molecular complexity index is 578. The summed E-state index contributed by atoms with van der Waals surface area (Å²) in [5.41, 5.74) is 0.996. The van der Waals surface area contributed by atoms with Gasteiger partial charge in [-0.25, -0.2) is 8.42 Å². The van der Waals surface area contributed by atoms with E-state index in [4.69, 9.17) is 0 Å². The SMILES string of the molecule is CCNCc1cc(S(=O)(=O)N2CCCC2C(C)C)cn1C. The smallest absolute Gasteiger partial charge is 0.244 e. The molecule has 5 nitrogen and oxygen atoms in total. The highest BCUT2D eigenvalue weighted by atomic mass is 32.2. The maximum Gasteiger partial charge on any atom is 0.244 e. The molecule has 0 saturated carbocycles. The standard InChI is InChI=1S/C15H27N3O2S/c1-5-16-10-13-9-14(11-17(13)4)21(19,20)18-8-6-7-15(18)12(2)3/h9,11-12,15-16H,5-8,10H2,1-4H3. The normalized spacial score (nSPS) is 20.5. The minimum atomic E-state index is -3.37. The molecular weight excluding hydrogens is 286 g/mol. The van der Waals surface area contributed by atoms with Gasteiger partial charge in [0.15, 0.2) is 0 Å². The van der Waals surface area contributed by atoms with E-state index in [9.17, 15) is 8.42 Å². The van der Waals surface area contributed by atoms with Crippen molar-refractivity contribution in [3.8, 4) is 0 Å². The van der Waals surface area contributed by atoms with Gasteiger partial charge in [-0.2, -0.15) is 4.31 Å². The molecule has 1 aromatic rings. The number of aromatic nitrogens is 1. The lowest BCUT2D eigenvalue weighted by atomic mass is 10.0. The summed E-state index contributed by atoms with van der Waals surface area (Å²) in [5.74, 6) is 0.354. The first kappa shape index (κ1) is 16.5. The summed E-state index contributed by atoms with van der Waals surface area (Å²) in [6.07, 6.45) is 3.66. The molecule has 120 valence electrons. The van der Waals surface area contributed by atoms with Gasteiger partial charge in [-0.1, -0.05) is 20.8 Å². The van der Waals surface area contributed by atoms with Crippen molar-refractivity contribution in [3.63, 3.8) is 0 Å². The first-order chi connectivity index (χ1) is 9.87. The fourth-order valence-electron chi connectivity index (χ4n) is 3.01. The highest BCUT2D eigenvalue weighted by Crippen LogP contribution is 2.30. The topological polar surface area (TPSA) is 54.3 Å². The van der Waals surface area contributed by atoms with Crippen molar-refractivity contribution in [1.29, 1.82) is 0 Å². The molecule has 1 unspecified atom stereocenters. The zero-order valence-corrected chi connectivity index (χ0v) is 14.3. The van der Waals surface area contributed by atoms with E-state index in [0.29, 0.717) is 23.9 Å². The Morgan fingerprint density at radius 2 is 2.14 bits per heavy atom. The lowest BCUT2D eigenvalue weighted by molar-refractivity contribution is 0.316. The summed E-state index contributed by atoms with van der Waals surface area (Å²) in [7, 11) is -1.48. The minimum absolute atomic E-state index is 0.132. The van der Waals surface area contributed by atoms with Gasteiger partial charge in [0.05, 0.1) is 0 Å². The first-order valence-electron chi connectivity index (χ1n) is 7.75. The van der Waals surface area contributed by atoms with Gasteiger partial charge in [0, 0.05) is 38.1 Å². The number of rotatable bonds is 6. The summed E-state index contributed by atoms with van der Waals surface area (Å²) in [4.78, 5) is 0.422. The Hall–Kier alpha value is -0.850. The fraction of sp³-hybridized carbons (Fsp3) is 0.733. The third kappa shape index (κ3) is 3.33. The van der Waals surface area contributed by atoms with Gasteiger partial charge in [0.2, 0.25) is 10.0 Å². The van der Waals surface area contributed by atoms with E-state index in [2.05, 4.69) is 19.2 Å². The van der Waals surface area contributed by atoms with Gasteiger partial charge in [-0.05, 0) is 31.4 Å². The van der Waals surface area contributed by atoms with Crippen molar-refractivity contribution < 1.29 is 8.42 Å². The van der Waals surface area contributed by atoms with E-state index < -0.39 is 10.0 Å². The average Bonchev–Trinajstić information content (AvgIpc) is 3.03. The fourth-order valence-corrected chi connectivity index (χ4v) is 4.93. The van der Waals surface area contributed by atoms with Crippen molar-refractivity contribution in [2.75, 3.05) is 13.1 Å². The average molecular weight is 313 g/mol. The number of hydrogen-bond acceptors (Lipinski definition) is 3. The lowest BCUT2D eigenvalue weighted by Gasteiger charge is -2.26. The molecule has 2 heterocycles. The Labute approximate surface area is 128 Å². The number of nitrogens with one attached hydrogen (secondary N) is 1. The van der Waals surface area contributed by atoms with Crippen molar-refractivity contribution in [3.05, 3.63) is 18.0 Å². The Morgan fingerprint density at radius 3 is 2.76 bits per heavy atom. The summed E-state index contributed by atoms with van der Waals surface area (Å²) in [6.45, 7) is 8.44. The van der Waals surface area contributed by atoms with Crippen LogP contribution in [0.15, 0.2) is 17.2 Å². The third-order valence-electron chi connectivity index (χ3n) is 4.26. The van der Waals surface area contributed by atoms with Crippen molar-refractivity contribution in [1.82, 2.24) is 14.2 Å². The number of sulfonamides is 1. The summed E-state index contributed by atoms with van der Waals surface area (Å²) in [5, 5.41) is 3.24. The maximum absolute atomic E-state index is 12.9. The maximum atomic E-state index is 12.9. The van der Waals surface area contributed by atoms with E-state index in [1.54, 1.807) is 16.6 Å². The zero-order chi connectivity index (χ0) is 15.6. The predicted molar refractivity (Wildman–Crippen MR) is 84.5 cm³/mol. The van der Waals surface area contributed by atoms with Crippen LogP contribution in [0.3, 0.4) is 0 Å². The largest absolute Gasteiger partial charge is 0.352 e. The van der Waals surface area contributed by atoms with E-state index in [1.807, 2.05) is 18.5 Å². The van der Waals surface area contributed by atoms with Crippen LogP contribution >= 0.6 is 0 Å². The van der Waals surface area contributed by atoms with Gasteiger partial charge in [0.1, 0.15) is 4.90 Å². The molecule has 21 heavy (non-hydrogen) atoms. The van der Waals surface area contributed by atoms with Gasteiger partial charge in [0.25, 0.3) is 0 Å². The second-order valence-electron chi connectivity index (χ2n) is 6.13. The number of hydrogen-bond donors (Lipinski definition) is 1. The quantitative estimate of drug-likeness (QED) is 0.873. The van der Waals surface area contributed by atoms with Gasteiger partial charge in [-0.3, -0.25) is 0 Å². The first-order valence-corrected chi connectivity index (χ1v) is 9.19. The second-order valence-corrected chi connectivity index (χ2v) is 8.02. The molecule has 1 aliphatic rings. The van der Waals surface area contributed by atoms with Crippen LogP contribution in [0.5, 0.6) is 0 Å². The van der Waals surface area contributed by atoms with Crippen molar-refractivity contribution in [2.24, 2.45) is 13.0 Å². The van der Waals surface area contributed by atoms with Crippen LogP contribution in [-0.4, -0.2) is 36.4 Å². The monoisotopic (exact) mass is 313 g/mol. The van der Waals surface area contributed by atoms with Crippen molar-refractivity contribution in [2.45, 2.75) is 51.1 Å². The highest BCUT2D eigenvalue weighted by Gasteiger charge is 2.37. The second kappa shape index (κ2) is 6.50. The highest BCUT2D eigenvalue weighted by molar-refractivity contribution is 7.89. The Balaban J connectivity index is 2.27. The molecule has 0 amide bonds. The van der Waals surface area contributed by atoms with E-state index >= 15 is 0 Å². The van der Waals surface area contributed by atoms with Gasteiger partial charge >= 0.3 is 0 Å². The third-order valence-corrected chi connectivity index (χ3v) is 6.15. The molecule has 1 aromatic heterocycles. The lowest BCUT2D eigenvalue weighted by Crippen LogP contribution is -2.38. The molecular formula is C15H27N3O2S. The van der Waals surface area contributed by atoms with Crippen LogP contribution in [-0.2, 0) is 23.6 Å². The molecule has 0 aliphatic carbocycles. The molecule has 0 spiro atoms. The van der Waals surface area contributed by atoms with E-state index in [-0.39, 0.29) is 6.04 Å². The predicted octanol–water partition coefficient (Wildman–Crippen LogP) is 1.94. The van der Waals surface area contributed by atoms with Crippen LogP contribution in [0.25, 0.3) is 0 Å². The van der Waals surface area contributed by atoms with Crippen LogP contribution < -0.4 is 5.32 Å². The number of aryl methyl sites for hydroxylation is 1. The molecule has 1 fully saturated rings. The van der Waals surface area contributed by atoms with Crippen LogP contribution in [0, 0.1) is 5.92 Å².